The van der Waals surface area contributed by atoms with Gasteiger partial charge in [0.2, 0.25) is 11.7 Å². The van der Waals surface area contributed by atoms with E-state index in [1.165, 1.54) is 0 Å². The molecule has 1 heterocycles. The van der Waals surface area contributed by atoms with Crippen LogP contribution in [0.1, 0.15) is 31.7 Å². The number of nitrogens with zero attached hydrogens (tertiary/aromatic N) is 2. The van der Waals surface area contributed by atoms with E-state index in [9.17, 15) is 28.3 Å². The molecule has 0 aliphatic heterocycles. The maximum Gasteiger partial charge on any atom is 0.328 e. The van der Waals surface area contributed by atoms with Gasteiger partial charge in [-0.2, -0.15) is 4.98 Å². The summed E-state index contributed by atoms with van der Waals surface area (Å²) < 4.78 is 32.2. The van der Waals surface area contributed by atoms with Gasteiger partial charge in [-0.15, -0.1) is 0 Å². The van der Waals surface area contributed by atoms with Gasteiger partial charge in [-0.25, -0.2) is 18.4 Å². The molecule has 1 aromatic carbocycles. The standard InChI is InChI=1S/C17H18F2N4O7/c1-7(24)13(16(27)28)21-17(29)20-11(4-5-12(25)26)15-22-14(23-30-15)9-6-8(18)2-3-10(9)19/h2-3,6-7,11,13,24H,4-5H2,1H3,(H,25,26)(H,27,28)(H2,20,21,29)/t7?,11-,13-/m0/s1. The lowest BCUT2D eigenvalue weighted by atomic mass is 10.1. The molecule has 2 aromatic rings. The number of hydrogen-bond acceptors (Lipinski definition) is 7. The van der Waals surface area contributed by atoms with Gasteiger partial charge in [-0.05, 0) is 31.5 Å². The molecule has 162 valence electrons. The van der Waals surface area contributed by atoms with Crippen molar-refractivity contribution < 1.29 is 43.0 Å². The summed E-state index contributed by atoms with van der Waals surface area (Å²) in [7, 11) is 0. The van der Waals surface area contributed by atoms with Crippen molar-refractivity contribution >= 4 is 18.0 Å². The first-order valence-electron chi connectivity index (χ1n) is 8.57. The SMILES string of the molecule is CC(O)[C@H](NC(=O)N[C@@H](CCC(=O)O)c1nc(-c2cc(F)ccc2F)no1)C(=O)O. The number of aliphatic hydroxyl groups is 1. The predicted molar refractivity (Wildman–Crippen MR) is 94.0 cm³/mol. The lowest BCUT2D eigenvalue weighted by Crippen LogP contribution is -2.51. The van der Waals surface area contributed by atoms with Crippen LogP contribution in [0.25, 0.3) is 11.4 Å². The van der Waals surface area contributed by atoms with Crippen molar-refractivity contribution in [2.24, 2.45) is 0 Å². The molecular weight excluding hydrogens is 410 g/mol. The number of benzene rings is 1. The number of urea groups is 1. The molecule has 3 atom stereocenters. The first-order chi connectivity index (χ1) is 14.1. The summed E-state index contributed by atoms with van der Waals surface area (Å²) in [6.07, 6.45) is -2.09. The third kappa shape index (κ3) is 5.94. The molecule has 5 N–H and O–H groups in total. The molecule has 11 nitrogen and oxygen atoms in total. The number of hydrogen-bond donors (Lipinski definition) is 5. The van der Waals surface area contributed by atoms with E-state index >= 15 is 0 Å². The number of nitrogens with one attached hydrogen (secondary N) is 2. The fourth-order valence-corrected chi connectivity index (χ4v) is 2.41. The van der Waals surface area contributed by atoms with Crippen molar-refractivity contribution in [1.29, 1.82) is 0 Å². The number of carboxylic acid groups (broad SMARTS) is 2. The first-order valence-corrected chi connectivity index (χ1v) is 8.57. The third-order valence-corrected chi connectivity index (χ3v) is 3.90. The van der Waals surface area contributed by atoms with Crippen LogP contribution < -0.4 is 10.6 Å². The predicted octanol–water partition coefficient (Wildman–Crippen LogP) is 1.05. The fourth-order valence-electron chi connectivity index (χ4n) is 2.41. The number of aliphatic hydroxyl groups excluding tert-OH is 1. The maximum absolute atomic E-state index is 13.9. The highest BCUT2D eigenvalue weighted by Gasteiger charge is 2.28. The number of carbonyl (C=O) groups is 3. The number of carboxylic acids is 2. The average Bonchev–Trinajstić information content (AvgIpc) is 3.14. The van der Waals surface area contributed by atoms with Gasteiger partial charge in [0.25, 0.3) is 0 Å². The van der Waals surface area contributed by atoms with Crippen LogP contribution in [0.2, 0.25) is 0 Å². The monoisotopic (exact) mass is 428 g/mol. The molecule has 1 aromatic heterocycles. The highest BCUT2D eigenvalue weighted by molar-refractivity contribution is 5.83. The highest BCUT2D eigenvalue weighted by atomic mass is 19.1. The Morgan fingerprint density at radius 2 is 1.90 bits per heavy atom. The van der Waals surface area contributed by atoms with Crippen LogP contribution in [-0.2, 0) is 9.59 Å². The van der Waals surface area contributed by atoms with E-state index in [2.05, 4.69) is 15.5 Å². The molecule has 30 heavy (non-hydrogen) atoms. The normalized spacial score (nSPS) is 13.9. The van der Waals surface area contributed by atoms with Crippen molar-refractivity contribution in [2.75, 3.05) is 0 Å². The molecule has 1 unspecified atom stereocenters. The van der Waals surface area contributed by atoms with E-state index in [1.807, 2.05) is 5.32 Å². The lowest BCUT2D eigenvalue weighted by Gasteiger charge is -2.20. The summed E-state index contributed by atoms with van der Waals surface area (Å²) in [6, 6.07) is -1.31. The molecule has 2 amide bonds. The summed E-state index contributed by atoms with van der Waals surface area (Å²) in [5.74, 6) is -4.94. The van der Waals surface area contributed by atoms with Crippen LogP contribution in [0.15, 0.2) is 22.7 Å². The lowest BCUT2D eigenvalue weighted by molar-refractivity contribution is -0.141. The van der Waals surface area contributed by atoms with Crippen LogP contribution >= 0.6 is 0 Å². The zero-order valence-electron chi connectivity index (χ0n) is 15.5. The number of aliphatic carboxylic acids is 2. The molecule has 0 bridgehead atoms. The van der Waals surface area contributed by atoms with E-state index in [4.69, 9.17) is 14.7 Å². The van der Waals surface area contributed by atoms with Crippen LogP contribution in [0, 0.1) is 11.6 Å². The van der Waals surface area contributed by atoms with Gasteiger partial charge in [0.05, 0.1) is 11.7 Å². The van der Waals surface area contributed by atoms with Gasteiger partial charge >= 0.3 is 18.0 Å². The van der Waals surface area contributed by atoms with Crippen LogP contribution in [-0.4, -0.2) is 55.6 Å². The molecule has 0 aliphatic carbocycles. The second-order valence-electron chi connectivity index (χ2n) is 6.24. The topological polar surface area (TPSA) is 175 Å². The Morgan fingerprint density at radius 3 is 2.50 bits per heavy atom. The molecular formula is C17H18F2N4O7. The van der Waals surface area contributed by atoms with E-state index < -0.39 is 54.2 Å². The Labute approximate surface area is 167 Å². The van der Waals surface area contributed by atoms with Crippen LogP contribution in [0.4, 0.5) is 13.6 Å². The molecule has 2 rings (SSSR count). The van der Waals surface area contributed by atoms with Gasteiger partial charge in [0.15, 0.2) is 6.04 Å². The second kappa shape index (κ2) is 9.73. The Morgan fingerprint density at radius 1 is 1.20 bits per heavy atom. The van der Waals surface area contributed by atoms with Gasteiger partial charge in [-0.1, -0.05) is 5.16 Å². The summed E-state index contributed by atoms with van der Waals surface area (Å²) in [5.41, 5.74) is -0.313. The molecule has 0 saturated heterocycles. The summed E-state index contributed by atoms with van der Waals surface area (Å²) in [6.45, 7) is 1.15. The number of halogens is 2. The molecule has 13 heteroatoms. The highest BCUT2D eigenvalue weighted by Crippen LogP contribution is 2.24. The molecule has 0 fully saturated rings. The van der Waals surface area contributed by atoms with Gasteiger partial charge in [0, 0.05) is 6.42 Å². The van der Waals surface area contributed by atoms with Gasteiger partial charge < -0.3 is 30.5 Å². The Hall–Kier alpha value is -3.61. The summed E-state index contributed by atoms with van der Waals surface area (Å²) >= 11 is 0. The average molecular weight is 428 g/mol. The molecule has 0 radical (unpaired) electrons. The zero-order chi connectivity index (χ0) is 22.4. The Bertz CT molecular complexity index is 935. The number of carbonyl (C=O) groups excluding carboxylic acids is 1. The number of aromatic nitrogens is 2. The smallest absolute Gasteiger partial charge is 0.328 e. The first kappa shape index (κ1) is 22.7. The van der Waals surface area contributed by atoms with Crippen LogP contribution in [0.3, 0.4) is 0 Å². The quantitative estimate of drug-likeness (QED) is 0.391. The van der Waals surface area contributed by atoms with E-state index in [0.717, 1.165) is 25.1 Å². The second-order valence-corrected chi connectivity index (χ2v) is 6.24. The van der Waals surface area contributed by atoms with E-state index in [-0.39, 0.29) is 23.7 Å². The maximum atomic E-state index is 13.9. The molecule has 0 saturated carbocycles. The minimum Gasteiger partial charge on any atom is -0.481 e. The summed E-state index contributed by atoms with van der Waals surface area (Å²) in [4.78, 5) is 38.0. The van der Waals surface area contributed by atoms with Crippen molar-refractivity contribution in [2.45, 2.75) is 38.0 Å². The molecule has 0 spiro atoms. The number of amides is 2. The van der Waals surface area contributed by atoms with Crippen molar-refractivity contribution in [3.05, 3.63) is 35.7 Å². The fraction of sp³-hybridized carbons (Fsp3) is 0.353. The van der Waals surface area contributed by atoms with E-state index in [1.54, 1.807) is 0 Å². The van der Waals surface area contributed by atoms with Gasteiger partial charge in [0.1, 0.15) is 17.7 Å². The Balaban J connectivity index is 2.23. The number of rotatable bonds is 9. The third-order valence-electron chi connectivity index (χ3n) is 3.90. The largest absolute Gasteiger partial charge is 0.481 e. The Kier molecular flexibility index (Phi) is 7.36. The zero-order valence-corrected chi connectivity index (χ0v) is 15.5. The van der Waals surface area contributed by atoms with Crippen molar-refractivity contribution in [1.82, 2.24) is 20.8 Å². The summed E-state index contributed by atoms with van der Waals surface area (Å²) in [5, 5.41) is 35.1. The minimum atomic E-state index is -1.63. The van der Waals surface area contributed by atoms with E-state index in [0.29, 0.717) is 0 Å². The minimum absolute atomic E-state index is 0.234. The van der Waals surface area contributed by atoms with Crippen LogP contribution in [0.5, 0.6) is 0 Å². The van der Waals surface area contributed by atoms with Gasteiger partial charge in [-0.3, -0.25) is 4.79 Å². The van der Waals surface area contributed by atoms with Crippen molar-refractivity contribution in [3.63, 3.8) is 0 Å². The molecule has 0 aliphatic rings. The van der Waals surface area contributed by atoms with Crippen molar-refractivity contribution in [3.8, 4) is 11.4 Å².